The summed E-state index contributed by atoms with van der Waals surface area (Å²) >= 11 is 0. The summed E-state index contributed by atoms with van der Waals surface area (Å²) < 4.78 is 0. The molecule has 3 unspecified atom stereocenters. The van der Waals surface area contributed by atoms with E-state index in [1.165, 1.54) is 13.0 Å². The quantitative estimate of drug-likeness (QED) is 0.492. The van der Waals surface area contributed by atoms with Gasteiger partial charge in [-0.1, -0.05) is 6.92 Å². The highest BCUT2D eigenvalue weighted by Crippen LogP contribution is 2.57. The second-order valence-electron chi connectivity index (χ2n) is 3.54. The van der Waals surface area contributed by atoms with E-state index in [0.717, 1.165) is 12.0 Å². The summed E-state index contributed by atoms with van der Waals surface area (Å²) in [5.74, 6) is 1.03. The van der Waals surface area contributed by atoms with Crippen LogP contribution in [0.1, 0.15) is 20.3 Å². The third-order valence-electron chi connectivity index (χ3n) is 3.12. The molecular formula is C7H13N. The van der Waals surface area contributed by atoms with Crippen molar-refractivity contribution in [2.45, 2.75) is 26.3 Å². The fourth-order valence-corrected chi connectivity index (χ4v) is 1.86. The second-order valence-corrected chi connectivity index (χ2v) is 3.54. The molecule has 3 atom stereocenters. The zero-order chi connectivity index (χ0) is 5.78. The van der Waals surface area contributed by atoms with Crippen LogP contribution in [0.15, 0.2) is 0 Å². The number of hydrogen-bond acceptors (Lipinski definition) is 1. The third kappa shape index (κ3) is 0.368. The first-order valence-electron chi connectivity index (χ1n) is 3.47. The molecule has 1 aliphatic heterocycles. The lowest BCUT2D eigenvalue weighted by Gasteiger charge is -2.12. The van der Waals surface area contributed by atoms with E-state index < -0.39 is 0 Å². The Labute approximate surface area is 50.5 Å². The first-order valence-corrected chi connectivity index (χ1v) is 3.47. The zero-order valence-corrected chi connectivity index (χ0v) is 5.57. The van der Waals surface area contributed by atoms with E-state index in [0.29, 0.717) is 5.41 Å². The zero-order valence-electron chi connectivity index (χ0n) is 5.57. The van der Waals surface area contributed by atoms with Gasteiger partial charge in [0.1, 0.15) is 0 Å². The number of piperidine rings is 1. The molecule has 0 aromatic heterocycles. The monoisotopic (exact) mass is 111 g/mol. The molecule has 0 amide bonds. The summed E-state index contributed by atoms with van der Waals surface area (Å²) in [5.41, 5.74) is 0.708. The van der Waals surface area contributed by atoms with Crippen LogP contribution in [-0.2, 0) is 0 Å². The second kappa shape index (κ2) is 1.10. The Kier molecular flexibility index (Phi) is 0.663. The number of nitrogens with one attached hydrogen (secondary N) is 1. The molecule has 1 aliphatic carbocycles. The van der Waals surface area contributed by atoms with Gasteiger partial charge in [-0.25, -0.2) is 0 Å². The summed E-state index contributed by atoms with van der Waals surface area (Å²) in [6, 6.07) is 0.785. The Morgan fingerprint density at radius 2 is 2.38 bits per heavy atom. The first kappa shape index (κ1) is 4.80. The molecule has 0 radical (unpaired) electrons. The fourth-order valence-electron chi connectivity index (χ4n) is 1.86. The smallest absolute Gasteiger partial charge is 0.00959 e. The van der Waals surface area contributed by atoms with Crippen LogP contribution in [0.2, 0.25) is 0 Å². The molecule has 0 aromatic carbocycles. The average molecular weight is 111 g/mol. The maximum Gasteiger partial charge on any atom is 0.00959 e. The lowest BCUT2D eigenvalue weighted by atomic mass is 10.0. The van der Waals surface area contributed by atoms with Crippen LogP contribution in [0, 0.1) is 11.3 Å². The van der Waals surface area contributed by atoms with Crippen molar-refractivity contribution < 1.29 is 0 Å². The Morgan fingerprint density at radius 1 is 1.62 bits per heavy atom. The van der Waals surface area contributed by atoms with E-state index in [2.05, 4.69) is 19.2 Å². The van der Waals surface area contributed by atoms with E-state index in [-0.39, 0.29) is 0 Å². The maximum absolute atomic E-state index is 3.46. The highest BCUT2D eigenvalue weighted by atomic mass is 15.0. The molecule has 1 heteroatoms. The Balaban J connectivity index is 2.19. The predicted molar refractivity (Wildman–Crippen MR) is 33.7 cm³/mol. The summed E-state index contributed by atoms with van der Waals surface area (Å²) in [7, 11) is 0. The van der Waals surface area contributed by atoms with Crippen molar-refractivity contribution in [3.8, 4) is 0 Å². The molecule has 8 heavy (non-hydrogen) atoms. The van der Waals surface area contributed by atoms with Gasteiger partial charge in [-0.05, 0) is 31.2 Å². The van der Waals surface area contributed by atoms with Crippen molar-refractivity contribution in [1.29, 1.82) is 0 Å². The van der Waals surface area contributed by atoms with E-state index in [9.17, 15) is 0 Å². The number of hydrogen-bond donors (Lipinski definition) is 1. The van der Waals surface area contributed by atoms with Crippen molar-refractivity contribution in [3.05, 3.63) is 0 Å². The molecule has 46 valence electrons. The van der Waals surface area contributed by atoms with Crippen LogP contribution in [0.4, 0.5) is 0 Å². The van der Waals surface area contributed by atoms with Gasteiger partial charge in [-0.2, -0.15) is 0 Å². The molecule has 1 N–H and O–H groups in total. The van der Waals surface area contributed by atoms with Gasteiger partial charge >= 0.3 is 0 Å². The summed E-state index contributed by atoms with van der Waals surface area (Å²) in [6.07, 6.45) is 1.47. The highest BCUT2D eigenvalue weighted by Gasteiger charge is 2.57. The largest absolute Gasteiger partial charge is 0.313 e. The molecule has 1 saturated heterocycles. The molecule has 2 aliphatic rings. The van der Waals surface area contributed by atoms with Gasteiger partial charge in [-0.15, -0.1) is 0 Å². The van der Waals surface area contributed by atoms with Gasteiger partial charge in [0.05, 0.1) is 0 Å². The van der Waals surface area contributed by atoms with Crippen molar-refractivity contribution in [3.63, 3.8) is 0 Å². The van der Waals surface area contributed by atoms with Crippen LogP contribution in [0.25, 0.3) is 0 Å². The van der Waals surface area contributed by atoms with E-state index in [1.54, 1.807) is 0 Å². The van der Waals surface area contributed by atoms with Crippen molar-refractivity contribution >= 4 is 0 Å². The van der Waals surface area contributed by atoms with Crippen molar-refractivity contribution in [1.82, 2.24) is 5.32 Å². The van der Waals surface area contributed by atoms with E-state index in [4.69, 9.17) is 0 Å². The highest BCUT2D eigenvalue weighted by molar-refractivity contribution is 5.10. The normalized spacial score (nSPS) is 60.8. The van der Waals surface area contributed by atoms with Crippen LogP contribution >= 0.6 is 0 Å². The average Bonchev–Trinajstić information content (AvgIpc) is 2.31. The SMILES string of the molecule is CC1NCC2CC21C. The maximum atomic E-state index is 3.46. The molecule has 0 aromatic rings. The minimum Gasteiger partial charge on any atom is -0.313 e. The number of rotatable bonds is 0. The standard InChI is InChI=1S/C7H13N/c1-5-7(2)3-6(7)4-8-5/h5-6,8H,3-4H2,1-2H3. The fraction of sp³-hybridized carbons (Fsp3) is 1.00. The number of fused-ring (bicyclic) bond motifs is 1. The van der Waals surface area contributed by atoms with Gasteiger partial charge in [0.25, 0.3) is 0 Å². The molecule has 2 rings (SSSR count). The summed E-state index contributed by atoms with van der Waals surface area (Å²) in [6.45, 7) is 5.97. The topological polar surface area (TPSA) is 12.0 Å². The van der Waals surface area contributed by atoms with Crippen LogP contribution in [0.5, 0.6) is 0 Å². The lowest BCUT2D eigenvalue weighted by molar-refractivity contribution is 0.446. The molecule has 0 spiro atoms. The lowest BCUT2D eigenvalue weighted by Crippen LogP contribution is -2.26. The molecule has 1 nitrogen and oxygen atoms in total. The third-order valence-corrected chi connectivity index (χ3v) is 3.12. The molecule has 1 saturated carbocycles. The summed E-state index contributed by atoms with van der Waals surface area (Å²) in [5, 5.41) is 3.46. The van der Waals surface area contributed by atoms with Gasteiger partial charge in [0, 0.05) is 6.04 Å². The van der Waals surface area contributed by atoms with Gasteiger partial charge in [0.15, 0.2) is 0 Å². The molecule has 2 fully saturated rings. The van der Waals surface area contributed by atoms with Crippen molar-refractivity contribution in [2.24, 2.45) is 11.3 Å². The minimum atomic E-state index is 0.708. The Morgan fingerprint density at radius 3 is 2.50 bits per heavy atom. The molecular weight excluding hydrogens is 98.1 g/mol. The Bertz CT molecular complexity index is 120. The van der Waals surface area contributed by atoms with Crippen LogP contribution in [0.3, 0.4) is 0 Å². The predicted octanol–water partition coefficient (Wildman–Crippen LogP) is 1.00. The van der Waals surface area contributed by atoms with Gasteiger partial charge < -0.3 is 5.32 Å². The van der Waals surface area contributed by atoms with E-state index >= 15 is 0 Å². The molecule has 1 heterocycles. The van der Waals surface area contributed by atoms with Crippen LogP contribution in [-0.4, -0.2) is 12.6 Å². The van der Waals surface area contributed by atoms with E-state index in [1.807, 2.05) is 0 Å². The van der Waals surface area contributed by atoms with Crippen molar-refractivity contribution in [2.75, 3.05) is 6.54 Å². The summed E-state index contributed by atoms with van der Waals surface area (Å²) in [4.78, 5) is 0. The minimum absolute atomic E-state index is 0.708. The molecule has 0 bridgehead atoms. The Hall–Kier alpha value is -0.0400. The van der Waals surface area contributed by atoms with Gasteiger partial charge in [0.2, 0.25) is 0 Å². The van der Waals surface area contributed by atoms with Crippen LogP contribution < -0.4 is 5.32 Å². The van der Waals surface area contributed by atoms with Gasteiger partial charge in [-0.3, -0.25) is 0 Å². The first-order chi connectivity index (χ1) is 3.73.